The Morgan fingerprint density at radius 1 is 1.43 bits per heavy atom. The summed E-state index contributed by atoms with van der Waals surface area (Å²) in [5.74, 6) is -0.284. The first-order valence-electron chi connectivity index (χ1n) is 3.92. The molecule has 14 heavy (non-hydrogen) atoms. The quantitative estimate of drug-likeness (QED) is 0.714. The highest BCUT2D eigenvalue weighted by molar-refractivity contribution is 6.33. The smallest absolute Gasteiger partial charge is 0.271 e. The van der Waals surface area contributed by atoms with Gasteiger partial charge in [-0.15, -0.1) is 0 Å². The predicted molar refractivity (Wildman–Crippen MR) is 51.2 cm³/mol. The number of aromatic nitrogens is 3. The van der Waals surface area contributed by atoms with Crippen molar-refractivity contribution < 1.29 is 4.79 Å². The standard InChI is InChI=1S/C9H6ClN3O/c10-7-2-1-3-12-8(7)9(14)13-5-4-11-6-13/h1-6H. The van der Waals surface area contributed by atoms with E-state index in [1.165, 1.54) is 23.3 Å². The van der Waals surface area contributed by atoms with Crippen molar-refractivity contribution in [1.82, 2.24) is 14.5 Å². The lowest BCUT2D eigenvalue weighted by atomic mass is 10.3. The molecule has 0 atom stereocenters. The molecule has 0 aliphatic rings. The lowest BCUT2D eigenvalue weighted by Crippen LogP contribution is -2.12. The molecule has 2 aromatic heterocycles. The van der Waals surface area contributed by atoms with E-state index < -0.39 is 0 Å². The molecular formula is C9H6ClN3O. The molecule has 0 aromatic carbocycles. The maximum Gasteiger partial charge on any atom is 0.283 e. The van der Waals surface area contributed by atoms with Gasteiger partial charge in [0.05, 0.1) is 5.02 Å². The third-order valence-electron chi connectivity index (χ3n) is 1.70. The Hall–Kier alpha value is -1.68. The Kier molecular flexibility index (Phi) is 2.28. The third-order valence-corrected chi connectivity index (χ3v) is 2.00. The number of pyridine rings is 1. The van der Waals surface area contributed by atoms with Crippen molar-refractivity contribution >= 4 is 17.5 Å². The van der Waals surface area contributed by atoms with Crippen LogP contribution in [0.25, 0.3) is 0 Å². The van der Waals surface area contributed by atoms with Crippen LogP contribution in [-0.2, 0) is 0 Å². The minimum Gasteiger partial charge on any atom is -0.271 e. The van der Waals surface area contributed by atoms with E-state index in [0.29, 0.717) is 5.02 Å². The third kappa shape index (κ3) is 1.52. The molecule has 2 rings (SSSR count). The van der Waals surface area contributed by atoms with Gasteiger partial charge in [0.2, 0.25) is 0 Å². The summed E-state index contributed by atoms with van der Waals surface area (Å²) in [4.78, 5) is 19.4. The summed E-state index contributed by atoms with van der Waals surface area (Å²) in [7, 11) is 0. The molecule has 0 radical (unpaired) electrons. The second-order valence-electron chi connectivity index (χ2n) is 2.61. The van der Waals surface area contributed by atoms with Gasteiger partial charge in [-0.25, -0.2) is 9.97 Å². The van der Waals surface area contributed by atoms with Gasteiger partial charge >= 0.3 is 0 Å². The minimum absolute atomic E-state index is 0.229. The molecule has 0 aliphatic carbocycles. The van der Waals surface area contributed by atoms with E-state index in [-0.39, 0.29) is 11.6 Å². The van der Waals surface area contributed by atoms with E-state index in [2.05, 4.69) is 9.97 Å². The molecule has 0 aliphatic heterocycles. The van der Waals surface area contributed by atoms with Gasteiger partial charge in [-0.1, -0.05) is 11.6 Å². The van der Waals surface area contributed by atoms with Crippen molar-refractivity contribution in [1.29, 1.82) is 0 Å². The Bertz CT molecular complexity index is 453. The fourth-order valence-electron chi connectivity index (χ4n) is 1.04. The maximum absolute atomic E-state index is 11.7. The van der Waals surface area contributed by atoms with Gasteiger partial charge in [-0.2, -0.15) is 0 Å². The molecule has 0 unspecified atom stereocenters. The molecule has 4 nitrogen and oxygen atoms in total. The van der Waals surface area contributed by atoms with Crippen molar-refractivity contribution in [2.45, 2.75) is 0 Å². The monoisotopic (exact) mass is 207 g/mol. The zero-order chi connectivity index (χ0) is 9.97. The highest BCUT2D eigenvalue weighted by Gasteiger charge is 2.12. The van der Waals surface area contributed by atoms with Crippen LogP contribution in [0.1, 0.15) is 10.5 Å². The van der Waals surface area contributed by atoms with E-state index in [9.17, 15) is 4.79 Å². The van der Waals surface area contributed by atoms with Crippen molar-refractivity contribution in [3.63, 3.8) is 0 Å². The largest absolute Gasteiger partial charge is 0.283 e. The second-order valence-corrected chi connectivity index (χ2v) is 3.02. The Labute approximate surface area is 85.2 Å². The van der Waals surface area contributed by atoms with Crippen LogP contribution < -0.4 is 0 Å². The Balaban J connectivity index is 2.42. The number of nitrogens with zero attached hydrogens (tertiary/aromatic N) is 3. The number of carbonyl (C=O) groups excluding carboxylic acids is 1. The van der Waals surface area contributed by atoms with Crippen molar-refractivity contribution in [3.8, 4) is 0 Å². The summed E-state index contributed by atoms with van der Waals surface area (Å²) < 4.78 is 1.33. The molecule has 5 heteroatoms. The molecule has 0 saturated heterocycles. The molecule has 0 bridgehead atoms. The van der Waals surface area contributed by atoms with Crippen LogP contribution in [0.3, 0.4) is 0 Å². The Morgan fingerprint density at radius 3 is 2.93 bits per heavy atom. The van der Waals surface area contributed by atoms with Gasteiger partial charge < -0.3 is 0 Å². The first-order chi connectivity index (χ1) is 6.79. The van der Waals surface area contributed by atoms with E-state index in [0.717, 1.165) is 0 Å². The highest BCUT2D eigenvalue weighted by Crippen LogP contribution is 2.13. The molecule has 0 amide bonds. The molecular weight excluding hydrogens is 202 g/mol. The van der Waals surface area contributed by atoms with Crippen LogP contribution in [-0.4, -0.2) is 20.4 Å². The lowest BCUT2D eigenvalue weighted by Gasteiger charge is -2.01. The number of hydrogen-bond acceptors (Lipinski definition) is 3. The van der Waals surface area contributed by atoms with Gasteiger partial charge in [0.1, 0.15) is 12.0 Å². The summed E-state index contributed by atoms with van der Waals surface area (Å²) in [6.45, 7) is 0. The summed E-state index contributed by atoms with van der Waals surface area (Å²) in [6.07, 6.45) is 6.01. The molecule has 2 heterocycles. The second kappa shape index (κ2) is 3.59. The van der Waals surface area contributed by atoms with Crippen LogP contribution >= 0.6 is 11.6 Å². The average Bonchev–Trinajstić information content (AvgIpc) is 2.70. The van der Waals surface area contributed by atoms with Gasteiger partial charge in [0.25, 0.3) is 5.91 Å². The first-order valence-corrected chi connectivity index (χ1v) is 4.30. The number of rotatable bonds is 1. The van der Waals surface area contributed by atoms with Crippen LogP contribution in [0, 0.1) is 0 Å². The fourth-order valence-corrected chi connectivity index (χ4v) is 1.25. The lowest BCUT2D eigenvalue weighted by molar-refractivity contribution is 0.0955. The normalized spacial score (nSPS) is 10.1. The molecule has 0 fully saturated rings. The fraction of sp³-hybridized carbons (Fsp3) is 0. The zero-order valence-electron chi connectivity index (χ0n) is 7.09. The van der Waals surface area contributed by atoms with E-state index >= 15 is 0 Å². The maximum atomic E-state index is 11.7. The summed E-state index contributed by atoms with van der Waals surface area (Å²) in [5.41, 5.74) is 0.229. The van der Waals surface area contributed by atoms with E-state index in [4.69, 9.17) is 11.6 Å². The average molecular weight is 208 g/mol. The highest BCUT2D eigenvalue weighted by atomic mass is 35.5. The summed E-state index contributed by atoms with van der Waals surface area (Å²) >= 11 is 5.82. The van der Waals surface area contributed by atoms with Crippen LogP contribution in [0.2, 0.25) is 5.02 Å². The molecule has 0 saturated carbocycles. The molecule has 0 N–H and O–H groups in total. The van der Waals surface area contributed by atoms with Crippen LogP contribution in [0.15, 0.2) is 37.1 Å². The predicted octanol–water partition coefficient (Wildman–Crippen LogP) is 1.62. The van der Waals surface area contributed by atoms with E-state index in [1.807, 2.05) is 0 Å². The van der Waals surface area contributed by atoms with Crippen LogP contribution in [0.5, 0.6) is 0 Å². The number of hydrogen-bond donors (Lipinski definition) is 0. The number of imidazole rings is 1. The van der Waals surface area contributed by atoms with E-state index in [1.54, 1.807) is 18.3 Å². The van der Waals surface area contributed by atoms with Crippen LogP contribution in [0.4, 0.5) is 0 Å². The summed E-state index contributed by atoms with van der Waals surface area (Å²) in [5, 5.41) is 0.339. The topological polar surface area (TPSA) is 47.8 Å². The van der Waals surface area contributed by atoms with Gasteiger partial charge in [-0.3, -0.25) is 9.36 Å². The summed E-state index contributed by atoms with van der Waals surface area (Å²) in [6, 6.07) is 3.30. The van der Waals surface area contributed by atoms with Gasteiger partial charge in [0, 0.05) is 18.6 Å². The van der Waals surface area contributed by atoms with Gasteiger partial charge in [-0.05, 0) is 12.1 Å². The minimum atomic E-state index is -0.284. The van der Waals surface area contributed by atoms with Crippen molar-refractivity contribution in [3.05, 3.63) is 47.8 Å². The molecule has 0 spiro atoms. The molecule has 70 valence electrons. The zero-order valence-corrected chi connectivity index (χ0v) is 7.85. The van der Waals surface area contributed by atoms with Gasteiger partial charge in [0.15, 0.2) is 0 Å². The number of halogens is 1. The molecule has 2 aromatic rings. The first kappa shape index (κ1) is 8.90. The Morgan fingerprint density at radius 2 is 2.29 bits per heavy atom. The number of carbonyl (C=O) groups is 1. The van der Waals surface area contributed by atoms with Crippen molar-refractivity contribution in [2.24, 2.45) is 0 Å². The SMILES string of the molecule is O=C(c1ncccc1Cl)n1ccnc1. The van der Waals surface area contributed by atoms with Crippen molar-refractivity contribution in [2.75, 3.05) is 0 Å².